The molecule has 0 aliphatic carbocycles. The van der Waals surface area contributed by atoms with Gasteiger partial charge in [-0.2, -0.15) is 0 Å². The molecular formula is C24H18F3N3O3. The molecule has 0 fully saturated rings. The van der Waals surface area contributed by atoms with Gasteiger partial charge in [-0.05, 0) is 53.4 Å². The van der Waals surface area contributed by atoms with E-state index in [0.29, 0.717) is 29.0 Å². The van der Waals surface area contributed by atoms with Crippen molar-refractivity contribution in [2.75, 3.05) is 6.61 Å². The van der Waals surface area contributed by atoms with Crippen LogP contribution in [0.2, 0.25) is 0 Å². The summed E-state index contributed by atoms with van der Waals surface area (Å²) in [7, 11) is 0. The molecule has 168 valence electrons. The molecule has 1 unspecified atom stereocenters. The largest absolute Gasteiger partial charge is 0.573 e. The van der Waals surface area contributed by atoms with Gasteiger partial charge in [0, 0.05) is 29.9 Å². The summed E-state index contributed by atoms with van der Waals surface area (Å²) in [4.78, 5) is 20.9. The van der Waals surface area contributed by atoms with Crippen molar-refractivity contribution in [3.63, 3.8) is 0 Å². The number of fused-ring (bicyclic) bond motifs is 2. The molecule has 5 rings (SSSR count). The molecule has 2 aromatic carbocycles. The number of H-pyrrole nitrogens is 1. The van der Waals surface area contributed by atoms with Crippen LogP contribution in [0.25, 0.3) is 10.9 Å². The summed E-state index contributed by atoms with van der Waals surface area (Å²) in [5, 5.41) is 4.06. The molecular weight excluding hydrogens is 435 g/mol. The number of ether oxygens (including phenoxy) is 2. The lowest BCUT2D eigenvalue weighted by molar-refractivity contribution is -0.274. The number of alkyl halides is 3. The minimum Gasteiger partial charge on any atom is -0.491 e. The fourth-order valence-electron chi connectivity index (χ4n) is 4.13. The van der Waals surface area contributed by atoms with E-state index in [1.807, 2.05) is 12.1 Å². The van der Waals surface area contributed by atoms with Crippen molar-refractivity contribution in [3.05, 3.63) is 89.9 Å². The summed E-state index contributed by atoms with van der Waals surface area (Å²) in [5.74, 6) is -0.196. The number of carbonyl (C=O) groups excluding carboxylic acids is 1. The highest BCUT2D eigenvalue weighted by atomic mass is 19.4. The van der Waals surface area contributed by atoms with Gasteiger partial charge in [0.05, 0.1) is 6.61 Å². The van der Waals surface area contributed by atoms with Crippen molar-refractivity contribution >= 4 is 16.8 Å². The van der Waals surface area contributed by atoms with E-state index in [-0.39, 0.29) is 18.3 Å². The molecule has 1 atom stereocenters. The second-order valence-electron chi connectivity index (χ2n) is 7.66. The van der Waals surface area contributed by atoms with Crippen molar-refractivity contribution in [3.8, 4) is 11.5 Å². The van der Waals surface area contributed by atoms with Crippen LogP contribution < -0.4 is 14.8 Å². The number of carbonyl (C=O) groups is 1. The lowest BCUT2D eigenvalue weighted by Gasteiger charge is -2.39. The number of amides is 1. The van der Waals surface area contributed by atoms with Crippen LogP contribution in [-0.2, 0) is 5.54 Å². The van der Waals surface area contributed by atoms with Crippen molar-refractivity contribution in [1.82, 2.24) is 15.3 Å². The SMILES string of the molecule is O=C(NC1(c2ccc(OC(F)(F)F)cc2)CCOc2cccnc21)c1ccc2cc[nH]c2c1. The number of hydrogen-bond acceptors (Lipinski definition) is 4. The Morgan fingerprint density at radius 1 is 1.12 bits per heavy atom. The van der Waals surface area contributed by atoms with Crippen LogP contribution in [0.4, 0.5) is 13.2 Å². The molecule has 1 aliphatic heterocycles. The highest BCUT2D eigenvalue weighted by Gasteiger charge is 2.42. The monoisotopic (exact) mass is 453 g/mol. The number of benzene rings is 2. The highest BCUT2D eigenvalue weighted by molar-refractivity contribution is 5.98. The first-order valence-electron chi connectivity index (χ1n) is 10.2. The molecule has 6 nitrogen and oxygen atoms in total. The maximum Gasteiger partial charge on any atom is 0.573 e. The van der Waals surface area contributed by atoms with Gasteiger partial charge in [0.1, 0.15) is 22.7 Å². The van der Waals surface area contributed by atoms with E-state index in [2.05, 4.69) is 20.0 Å². The normalized spacial score (nSPS) is 17.8. The van der Waals surface area contributed by atoms with Gasteiger partial charge in [0.15, 0.2) is 0 Å². The molecule has 1 amide bonds. The standard InChI is InChI=1S/C24H18F3N3O3/c25-24(26,27)33-18-7-5-17(6-8-18)23(10-13-32-20-2-1-11-29-21(20)23)30-22(31)16-4-3-15-9-12-28-19(15)14-16/h1-9,11-12,14,28H,10,13H2,(H,30,31). The van der Waals surface area contributed by atoms with Gasteiger partial charge >= 0.3 is 6.36 Å². The fourth-order valence-corrected chi connectivity index (χ4v) is 4.13. The fraction of sp³-hybridized carbons (Fsp3) is 0.167. The summed E-state index contributed by atoms with van der Waals surface area (Å²) >= 11 is 0. The molecule has 1 aliphatic rings. The molecule has 2 N–H and O–H groups in total. The Hall–Kier alpha value is -4.01. The maximum absolute atomic E-state index is 13.4. The average Bonchev–Trinajstić information content (AvgIpc) is 3.27. The lowest BCUT2D eigenvalue weighted by Crippen LogP contribution is -2.50. The third-order valence-corrected chi connectivity index (χ3v) is 5.63. The summed E-state index contributed by atoms with van der Waals surface area (Å²) in [5.41, 5.74) is 1.19. The van der Waals surface area contributed by atoms with Gasteiger partial charge in [0.2, 0.25) is 0 Å². The topological polar surface area (TPSA) is 76.2 Å². The second-order valence-corrected chi connectivity index (χ2v) is 7.66. The molecule has 0 bridgehead atoms. The van der Waals surface area contributed by atoms with E-state index >= 15 is 0 Å². The Kier molecular flexibility index (Phi) is 4.96. The molecule has 0 spiro atoms. The number of nitrogens with zero attached hydrogens (tertiary/aromatic N) is 1. The molecule has 4 aromatic rings. The third-order valence-electron chi connectivity index (χ3n) is 5.63. The van der Waals surface area contributed by atoms with Crippen LogP contribution >= 0.6 is 0 Å². The van der Waals surface area contributed by atoms with Gasteiger partial charge in [0.25, 0.3) is 5.91 Å². The van der Waals surface area contributed by atoms with Gasteiger partial charge in [-0.25, -0.2) is 0 Å². The van der Waals surface area contributed by atoms with E-state index < -0.39 is 11.9 Å². The number of halogens is 3. The Morgan fingerprint density at radius 2 is 1.94 bits per heavy atom. The minimum atomic E-state index is -4.79. The first-order valence-corrected chi connectivity index (χ1v) is 10.2. The first-order chi connectivity index (χ1) is 15.8. The van der Waals surface area contributed by atoms with Gasteiger partial charge in [-0.1, -0.05) is 18.2 Å². The Labute approximate surface area is 186 Å². The van der Waals surface area contributed by atoms with E-state index in [4.69, 9.17) is 4.74 Å². The van der Waals surface area contributed by atoms with Crippen LogP contribution in [-0.4, -0.2) is 28.8 Å². The number of rotatable bonds is 4. The molecule has 9 heteroatoms. The van der Waals surface area contributed by atoms with Crippen LogP contribution in [0.3, 0.4) is 0 Å². The van der Waals surface area contributed by atoms with Gasteiger partial charge < -0.3 is 19.8 Å². The van der Waals surface area contributed by atoms with Crippen LogP contribution in [0.1, 0.15) is 28.0 Å². The van der Waals surface area contributed by atoms with E-state index in [1.165, 1.54) is 24.3 Å². The third kappa shape index (κ3) is 3.97. The lowest BCUT2D eigenvalue weighted by atomic mass is 9.81. The average molecular weight is 453 g/mol. The Balaban J connectivity index is 1.56. The smallest absolute Gasteiger partial charge is 0.491 e. The van der Waals surface area contributed by atoms with Gasteiger partial charge in [-0.3, -0.25) is 9.78 Å². The van der Waals surface area contributed by atoms with Crippen molar-refractivity contribution in [2.24, 2.45) is 0 Å². The highest BCUT2D eigenvalue weighted by Crippen LogP contribution is 2.41. The summed E-state index contributed by atoms with van der Waals surface area (Å²) < 4.78 is 47.6. The summed E-state index contributed by atoms with van der Waals surface area (Å²) in [6.07, 6.45) is -1.08. The molecule has 0 saturated heterocycles. The molecule has 2 aromatic heterocycles. The predicted molar refractivity (Wildman–Crippen MR) is 114 cm³/mol. The minimum absolute atomic E-state index is 0.287. The Bertz CT molecular complexity index is 1320. The van der Waals surface area contributed by atoms with Gasteiger partial charge in [-0.15, -0.1) is 13.2 Å². The predicted octanol–water partition coefficient (Wildman–Crippen LogP) is 4.92. The Morgan fingerprint density at radius 3 is 2.73 bits per heavy atom. The number of aromatic amines is 1. The molecule has 0 saturated carbocycles. The van der Waals surface area contributed by atoms with Crippen molar-refractivity contribution in [2.45, 2.75) is 18.3 Å². The maximum atomic E-state index is 13.4. The molecule has 3 heterocycles. The molecule has 0 radical (unpaired) electrons. The summed E-state index contributed by atoms with van der Waals surface area (Å²) in [6, 6.07) is 16.1. The number of aromatic nitrogens is 2. The zero-order valence-corrected chi connectivity index (χ0v) is 17.1. The first kappa shape index (κ1) is 20.9. The number of nitrogens with one attached hydrogen (secondary N) is 2. The second kappa shape index (κ2) is 7.84. The van der Waals surface area contributed by atoms with Crippen LogP contribution in [0, 0.1) is 0 Å². The van der Waals surface area contributed by atoms with Crippen molar-refractivity contribution < 1.29 is 27.4 Å². The zero-order valence-electron chi connectivity index (χ0n) is 17.1. The van der Waals surface area contributed by atoms with E-state index in [1.54, 1.807) is 36.7 Å². The van der Waals surface area contributed by atoms with E-state index in [9.17, 15) is 18.0 Å². The zero-order chi connectivity index (χ0) is 23.1. The van der Waals surface area contributed by atoms with Crippen LogP contribution in [0.5, 0.6) is 11.5 Å². The van der Waals surface area contributed by atoms with Crippen molar-refractivity contribution in [1.29, 1.82) is 0 Å². The van der Waals surface area contributed by atoms with E-state index in [0.717, 1.165) is 10.9 Å². The quantitative estimate of drug-likeness (QED) is 0.460. The summed E-state index contributed by atoms with van der Waals surface area (Å²) in [6.45, 7) is 0.287. The number of pyridine rings is 1. The van der Waals surface area contributed by atoms with Crippen LogP contribution in [0.15, 0.2) is 73.1 Å². The molecule has 33 heavy (non-hydrogen) atoms. The number of hydrogen-bond donors (Lipinski definition) is 2.